The number of fused-ring (bicyclic) bond motifs is 1. The first kappa shape index (κ1) is 17.7. The van der Waals surface area contributed by atoms with E-state index in [4.69, 9.17) is 4.74 Å². The van der Waals surface area contributed by atoms with Crippen LogP contribution in [0.5, 0.6) is 5.75 Å². The number of aromatic nitrogens is 1. The van der Waals surface area contributed by atoms with Crippen molar-refractivity contribution in [1.29, 1.82) is 0 Å². The molecule has 3 amide bonds. The number of nitrogens with one attached hydrogen (secondary N) is 1. The highest BCUT2D eigenvalue weighted by Gasteiger charge is 2.25. The van der Waals surface area contributed by atoms with Gasteiger partial charge in [-0.3, -0.25) is 9.78 Å². The first-order valence-electron chi connectivity index (χ1n) is 8.37. The van der Waals surface area contributed by atoms with E-state index < -0.39 is 0 Å². The van der Waals surface area contributed by atoms with Crippen molar-refractivity contribution in [2.75, 3.05) is 33.1 Å². The minimum Gasteiger partial charge on any atom is -0.497 e. The van der Waals surface area contributed by atoms with Gasteiger partial charge in [-0.25, -0.2) is 4.79 Å². The number of nitrogens with zero attached hydrogens (tertiary/aromatic N) is 3. The fourth-order valence-corrected chi connectivity index (χ4v) is 3.01. The molecule has 1 N–H and O–H groups in total. The predicted molar refractivity (Wildman–Crippen MR) is 98.4 cm³/mol. The Kier molecular flexibility index (Phi) is 5.06. The zero-order chi connectivity index (χ0) is 18.7. The summed E-state index contributed by atoms with van der Waals surface area (Å²) in [4.78, 5) is 32.4. The monoisotopic (exact) mass is 354 g/mol. The third-order valence-electron chi connectivity index (χ3n) is 4.39. The van der Waals surface area contributed by atoms with Crippen LogP contribution in [0.1, 0.15) is 21.5 Å². The summed E-state index contributed by atoms with van der Waals surface area (Å²) in [6.45, 7) is 1.04. The van der Waals surface area contributed by atoms with Crippen molar-refractivity contribution in [3.8, 4) is 5.75 Å². The van der Waals surface area contributed by atoms with Crippen molar-refractivity contribution < 1.29 is 14.3 Å². The van der Waals surface area contributed by atoms with Gasteiger partial charge in [0.15, 0.2) is 0 Å². The zero-order valence-corrected chi connectivity index (χ0v) is 15.2. The first-order valence-corrected chi connectivity index (χ1v) is 8.37. The third kappa shape index (κ3) is 3.61. The Bertz CT molecular complexity index is 818. The molecule has 1 aromatic heterocycles. The third-order valence-corrected chi connectivity index (χ3v) is 4.39. The number of hydrogen-bond donors (Lipinski definition) is 1. The lowest BCUT2D eigenvalue weighted by molar-refractivity contribution is 0.102. The molecule has 2 heterocycles. The van der Waals surface area contributed by atoms with Crippen LogP contribution in [-0.4, -0.2) is 54.5 Å². The Hall–Kier alpha value is -3.09. The highest BCUT2D eigenvalue weighted by atomic mass is 16.5. The quantitative estimate of drug-likeness (QED) is 0.918. The van der Waals surface area contributed by atoms with Crippen molar-refractivity contribution in [3.05, 3.63) is 53.3 Å². The van der Waals surface area contributed by atoms with E-state index in [0.29, 0.717) is 30.8 Å². The van der Waals surface area contributed by atoms with Crippen LogP contribution in [0.3, 0.4) is 0 Å². The van der Waals surface area contributed by atoms with Gasteiger partial charge in [-0.05, 0) is 41.8 Å². The molecule has 0 radical (unpaired) electrons. The van der Waals surface area contributed by atoms with Crippen LogP contribution in [0, 0.1) is 0 Å². The molecule has 0 atom stereocenters. The van der Waals surface area contributed by atoms with Crippen LogP contribution in [0.25, 0.3) is 0 Å². The predicted octanol–water partition coefficient (Wildman–Crippen LogP) is 2.38. The number of ether oxygens (including phenoxy) is 1. The van der Waals surface area contributed by atoms with Gasteiger partial charge in [0, 0.05) is 45.3 Å². The minimum atomic E-state index is -0.202. The van der Waals surface area contributed by atoms with E-state index in [-0.39, 0.29) is 11.9 Å². The number of benzene rings is 1. The number of carbonyl (C=O) groups is 2. The van der Waals surface area contributed by atoms with Crippen molar-refractivity contribution in [2.45, 2.75) is 13.0 Å². The molecule has 0 saturated carbocycles. The molecule has 1 aromatic carbocycles. The topological polar surface area (TPSA) is 74.8 Å². The molecule has 0 spiro atoms. The number of rotatable bonds is 3. The maximum atomic E-state index is 12.7. The van der Waals surface area contributed by atoms with Gasteiger partial charge in [0.1, 0.15) is 5.75 Å². The van der Waals surface area contributed by atoms with Crippen LogP contribution in [-0.2, 0) is 13.0 Å². The van der Waals surface area contributed by atoms with Gasteiger partial charge < -0.3 is 19.9 Å². The molecule has 1 aliphatic heterocycles. The molecule has 0 unspecified atom stereocenters. The van der Waals surface area contributed by atoms with E-state index in [0.717, 1.165) is 16.9 Å². The molecule has 7 heteroatoms. The molecule has 0 fully saturated rings. The van der Waals surface area contributed by atoms with Crippen molar-refractivity contribution >= 4 is 17.6 Å². The van der Waals surface area contributed by atoms with E-state index in [9.17, 15) is 9.59 Å². The average molecular weight is 354 g/mol. The molecule has 1 aliphatic rings. The van der Waals surface area contributed by atoms with Crippen LogP contribution in [0.2, 0.25) is 0 Å². The summed E-state index contributed by atoms with van der Waals surface area (Å²) in [5.74, 6) is 0.527. The van der Waals surface area contributed by atoms with E-state index >= 15 is 0 Å². The van der Waals surface area contributed by atoms with Gasteiger partial charge in [-0.2, -0.15) is 0 Å². The summed E-state index contributed by atoms with van der Waals surface area (Å²) in [5.41, 5.74) is 3.10. The molecular formula is C19H22N4O3. The van der Waals surface area contributed by atoms with Crippen LogP contribution < -0.4 is 10.1 Å². The Morgan fingerprint density at radius 3 is 2.58 bits per heavy atom. The van der Waals surface area contributed by atoms with Crippen LogP contribution in [0.15, 0.2) is 36.7 Å². The molecule has 2 aromatic rings. The molecule has 0 saturated heterocycles. The molecule has 26 heavy (non-hydrogen) atoms. The maximum absolute atomic E-state index is 12.7. The largest absolute Gasteiger partial charge is 0.497 e. The Morgan fingerprint density at radius 2 is 1.92 bits per heavy atom. The summed E-state index contributed by atoms with van der Waals surface area (Å²) < 4.78 is 5.12. The maximum Gasteiger partial charge on any atom is 0.319 e. The lowest BCUT2D eigenvalue weighted by atomic mass is 9.97. The van der Waals surface area contributed by atoms with E-state index in [1.807, 2.05) is 0 Å². The Labute approximate surface area is 152 Å². The van der Waals surface area contributed by atoms with Gasteiger partial charge in [-0.1, -0.05) is 0 Å². The molecular weight excluding hydrogens is 332 g/mol. The summed E-state index contributed by atoms with van der Waals surface area (Å²) in [6.07, 6.45) is 3.94. The van der Waals surface area contributed by atoms with E-state index in [2.05, 4.69) is 10.3 Å². The van der Waals surface area contributed by atoms with E-state index in [1.165, 1.54) is 0 Å². The summed E-state index contributed by atoms with van der Waals surface area (Å²) in [7, 11) is 5.06. The smallest absolute Gasteiger partial charge is 0.319 e. The van der Waals surface area contributed by atoms with Gasteiger partial charge in [-0.15, -0.1) is 0 Å². The fourth-order valence-electron chi connectivity index (χ4n) is 3.01. The number of carbonyl (C=O) groups excluding carboxylic acids is 2. The number of methoxy groups -OCH3 is 1. The minimum absolute atomic E-state index is 0.0382. The van der Waals surface area contributed by atoms with E-state index in [1.54, 1.807) is 67.7 Å². The second kappa shape index (κ2) is 7.43. The lowest BCUT2D eigenvalue weighted by Gasteiger charge is -2.31. The number of hydrogen-bond acceptors (Lipinski definition) is 4. The lowest BCUT2D eigenvalue weighted by Crippen LogP contribution is -2.42. The average Bonchev–Trinajstić information content (AvgIpc) is 2.66. The van der Waals surface area contributed by atoms with Gasteiger partial charge in [0.05, 0.1) is 12.7 Å². The number of urea groups is 1. The first-order chi connectivity index (χ1) is 12.5. The SMILES string of the molecule is COc1ccc(NC(=O)c2cncc3c2CCN(C(=O)N(C)C)C3)cc1. The Balaban J connectivity index is 1.78. The molecule has 136 valence electrons. The number of pyridine rings is 1. The second-order valence-corrected chi connectivity index (χ2v) is 6.36. The summed E-state index contributed by atoms with van der Waals surface area (Å²) >= 11 is 0. The van der Waals surface area contributed by atoms with Gasteiger partial charge in [0.25, 0.3) is 5.91 Å². The Morgan fingerprint density at radius 1 is 1.19 bits per heavy atom. The molecule has 3 rings (SSSR count). The molecule has 0 bridgehead atoms. The highest BCUT2D eigenvalue weighted by Crippen LogP contribution is 2.23. The van der Waals surface area contributed by atoms with Crippen LogP contribution >= 0.6 is 0 Å². The normalized spacial score (nSPS) is 13.0. The molecule has 0 aliphatic carbocycles. The van der Waals surface area contributed by atoms with Gasteiger partial charge >= 0.3 is 6.03 Å². The van der Waals surface area contributed by atoms with Crippen molar-refractivity contribution in [3.63, 3.8) is 0 Å². The van der Waals surface area contributed by atoms with Crippen molar-refractivity contribution in [1.82, 2.24) is 14.8 Å². The van der Waals surface area contributed by atoms with Crippen molar-refractivity contribution in [2.24, 2.45) is 0 Å². The zero-order valence-electron chi connectivity index (χ0n) is 15.2. The summed E-state index contributed by atoms with van der Waals surface area (Å²) in [6, 6.07) is 7.12. The number of amides is 3. The highest BCUT2D eigenvalue weighted by molar-refractivity contribution is 6.05. The second-order valence-electron chi connectivity index (χ2n) is 6.36. The molecule has 7 nitrogen and oxygen atoms in total. The summed E-state index contributed by atoms with van der Waals surface area (Å²) in [5, 5.41) is 2.89. The van der Waals surface area contributed by atoms with Gasteiger partial charge in [0.2, 0.25) is 0 Å². The standard InChI is InChI=1S/C19H22N4O3/c1-22(2)19(25)23-9-8-16-13(12-23)10-20-11-17(16)18(24)21-14-4-6-15(26-3)7-5-14/h4-7,10-11H,8-9,12H2,1-3H3,(H,21,24). The van der Waals surface area contributed by atoms with Crippen LogP contribution in [0.4, 0.5) is 10.5 Å². The fraction of sp³-hybridized carbons (Fsp3) is 0.316. The number of anilines is 1.